The van der Waals surface area contributed by atoms with Gasteiger partial charge in [-0.05, 0) is 25.1 Å². The molecule has 0 heterocycles. The van der Waals surface area contributed by atoms with Crippen molar-refractivity contribution in [1.82, 2.24) is 0 Å². The zero-order chi connectivity index (χ0) is 11.3. The molecule has 0 saturated heterocycles. The number of halogens is 1. The number of nitrogens with two attached hydrogens (primary N) is 1. The lowest BCUT2D eigenvalue weighted by atomic mass is 10.3. The summed E-state index contributed by atoms with van der Waals surface area (Å²) in [5, 5.41) is 0. The number of benzene rings is 1. The maximum Gasteiger partial charge on any atom is 0.120 e. The normalized spacial score (nSPS) is 11.5. The molecule has 0 spiro atoms. The fraction of sp³-hybridized carbons (Fsp3) is 0.273. The molecule has 1 rings (SSSR count). The SMILES string of the molecule is COc1ccc(N)c(SC/C(C)=C/Cl)c1. The van der Waals surface area contributed by atoms with Crippen LogP contribution in [-0.2, 0) is 0 Å². The molecule has 0 bridgehead atoms. The third-order valence-electron chi connectivity index (χ3n) is 1.86. The van der Waals surface area contributed by atoms with E-state index in [4.69, 9.17) is 22.1 Å². The van der Waals surface area contributed by atoms with Gasteiger partial charge in [0.15, 0.2) is 0 Å². The monoisotopic (exact) mass is 243 g/mol. The minimum atomic E-state index is 0.767. The summed E-state index contributed by atoms with van der Waals surface area (Å²) in [7, 11) is 1.64. The molecule has 0 aromatic heterocycles. The summed E-state index contributed by atoms with van der Waals surface area (Å²) in [6.07, 6.45) is 0. The highest BCUT2D eigenvalue weighted by atomic mass is 35.5. The van der Waals surface area contributed by atoms with Crippen LogP contribution in [0.25, 0.3) is 0 Å². The first-order valence-corrected chi connectivity index (χ1v) is 5.91. The van der Waals surface area contributed by atoms with Crippen LogP contribution in [0.5, 0.6) is 5.75 Å². The average molecular weight is 244 g/mol. The molecule has 0 saturated carbocycles. The summed E-state index contributed by atoms with van der Waals surface area (Å²) in [5.41, 5.74) is 9.31. The van der Waals surface area contributed by atoms with Crippen LogP contribution in [0, 0.1) is 0 Å². The van der Waals surface area contributed by atoms with Crippen molar-refractivity contribution >= 4 is 29.1 Å². The van der Waals surface area contributed by atoms with Gasteiger partial charge in [-0.3, -0.25) is 0 Å². The summed E-state index contributed by atoms with van der Waals surface area (Å²) in [6, 6.07) is 5.63. The van der Waals surface area contributed by atoms with Gasteiger partial charge in [0.05, 0.1) is 7.11 Å². The Hall–Kier alpha value is -0.800. The molecule has 0 unspecified atom stereocenters. The molecule has 0 aliphatic heterocycles. The fourth-order valence-corrected chi connectivity index (χ4v) is 2.06. The van der Waals surface area contributed by atoms with Crippen LogP contribution in [0.1, 0.15) is 6.92 Å². The van der Waals surface area contributed by atoms with Gasteiger partial charge in [0.2, 0.25) is 0 Å². The van der Waals surface area contributed by atoms with Gasteiger partial charge >= 0.3 is 0 Å². The lowest BCUT2D eigenvalue weighted by Crippen LogP contribution is -1.91. The van der Waals surface area contributed by atoms with Gasteiger partial charge in [-0.25, -0.2) is 0 Å². The van der Waals surface area contributed by atoms with Gasteiger partial charge in [-0.2, -0.15) is 0 Å². The van der Waals surface area contributed by atoms with Crippen molar-refractivity contribution < 1.29 is 4.74 Å². The zero-order valence-electron chi connectivity index (χ0n) is 8.79. The minimum Gasteiger partial charge on any atom is -0.497 e. The van der Waals surface area contributed by atoms with E-state index in [1.54, 1.807) is 24.4 Å². The van der Waals surface area contributed by atoms with Crippen molar-refractivity contribution in [2.45, 2.75) is 11.8 Å². The Labute approximate surface area is 99.4 Å². The Morgan fingerprint density at radius 1 is 1.60 bits per heavy atom. The Morgan fingerprint density at radius 2 is 2.33 bits per heavy atom. The van der Waals surface area contributed by atoms with Crippen LogP contribution in [0.3, 0.4) is 0 Å². The summed E-state index contributed by atoms with van der Waals surface area (Å²) in [5.74, 6) is 1.65. The minimum absolute atomic E-state index is 0.767. The molecule has 0 fully saturated rings. The van der Waals surface area contributed by atoms with Crippen LogP contribution in [0.2, 0.25) is 0 Å². The topological polar surface area (TPSA) is 35.2 Å². The largest absolute Gasteiger partial charge is 0.497 e. The number of anilines is 1. The lowest BCUT2D eigenvalue weighted by molar-refractivity contribution is 0.414. The summed E-state index contributed by atoms with van der Waals surface area (Å²) in [4.78, 5) is 1.02. The van der Waals surface area contributed by atoms with E-state index in [0.29, 0.717) is 0 Å². The Morgan fingerprint density at radius 3 is 2.93 bits per heavy atom. The molecule has 1 aromatic carbocycles. The number of rotatable bonds is 4. The van der Waals surface area contributed by atoms with Crippen LogP contribution in [0.4, 0.5) is 5.69 Å². The van der Waals surface area contributed by atoms with E-state index < -0.39 is 0 Å². The summed E-state index contributed by atoms with van der Waals surface area (Å²) >= 11 is 7.24. The van der Waals surface area contributed by atoms with Gasteiger partial charge in [-0.15, -0.1) is 11.8 Å². The standard InChI is InChI=1S/C11H14ClNOS/c1-8(6-12)7-15-11-5-9(14-2)3-4-10(11)13/h3-6H,7,13H2,1-2H3/b8-6+. The molecule has 0 radical (unpaired) electrons. The molecule has 2 nitrogen and oxygen atoms in total. The van der Waals surface area contributed by atoms with E-state index in [9.17, 15) is 0 Å². The molecule has 15 heavy (non-hydrogen) atoms. The second-order valence-electron chi connectivity index (χ2n) is 3.15. The molecule has 0 amide bonds. The Balaban J connectivity index is 2.75. The molecular weight excluding hydrogens is 230 g/mol. The Kier molecular flexibility index (Phi) is 4.85. The second kappa shape index (κ2) is 5.93. The van der Waals surface area contributed by atoms with E-state index in [1.165, 1.54) is 0 Å². The number of thioether (sulfide) groups is 1. The van der Waals surface area contributed by atoms with Gasteiger partial charge in [0, 0.05) is 21.9 Å². The molecular formula is C11H14ClNOS. The highest BCUT2D eigenvalue weighted by molar-refractivity contribution is 7.99. The third-order valence-corrected chi connectivity index (χ3v) is 3.50. The quantitative estimate of drug-likeness (QED) is 0.649. The first kappa shape index (κ1) is 12.3. The van der Waals surface area contributed by atoms with E-state index in [-0.39, 0.29) is 0 Å². The number of ether oxygens (including phenoxy) is 1. The maximum atomic E-state index is 5.84. The van der Waals surface area contributed by atoms with Crippen molar-refractivity contribution in [3.8, 4) is 5.75 Å². The highest BCUT2D eigenvalue weighted by Crippen LogP contribution is 2.30. The number of nitrogen functional groups attached to an aromatic ring is 1. The van der Waals surface area contributed by atoms with Crippen molar-refractivity contribution in [1.29, 1.82) is 0 Å². The third kappa shape index (κ3) is 3.68. The van der Waals surface area contributed by atoms with Crippen molar-refractivity contribution in [2.24, 2.45) is 0 Å². The maximum absolute atomic E-state index is 5.84. The molecule has 0 aliphatic carbocycles. The van der Waals surface area contributed by atoms with Gasteiger partial charge in [-0.1, -0.05) is 17.2 Å². The number of methoxy groups -OCH3 is 1. The fourth-order valence-electron chi connectivity index (χ4n) is 0.990. The highest BCUT2D eigenvalue weighted by Gasteiger charge is 2.02. The molecule has 2 N–H and O–H groups in total. The second-order valence-corrected chi connectivity index (χ2v) is 4.38. The smallest absolute Gasteiger partial charge is 0.120 e. The van der Waals surface area contributed by atoms with Crippen LogP contribution in [-0.4, -0.2) is 12.9 Å². The summed E-state index contributed by atoms with van der Waals surface area (Å²) < 4.78 is 5.13. The molecule has 1 aromatic rings. The van der Waals surface area contributed by atoms with E-state index >= 15 is 0 Å². The number of hydrogen-bond donors (Lipinski definition) is 1. The van der Waals surface area contributed by atoms with E-state index in [1.807, 2.05) is 25.1 Å². The first-order chi connectivity index (χ1) is 7.17. The van der Waals surface area contributed by atoms with Gasteiger partial charge in [0.1, 0.15) is 5.75 Å². The van der Waals surface area contributed by atoms with Crippen LogP contribution < -0.4 is 10.5 Å². The van der Waals surface area contributed by atoms with E-state index in [0.717, 1.165) is 27.7 Å². The van der Waals surface area contributed by atoms with Gasteiger partial charge in [0.25, 0.3) is 0 Å². The average Bonchev–Trinajstić information content (AvgIpc) is 2.27. The van der Waals surface area contributed by atoms with Crippen LogP contribution >= 0.6 is 23.4 Å². The zero-order valence-corrected chi connectivity index (χ0v) is 10.4. The van der Waals surface area contributed by atoms with Crippen molar-refractivity contribution in [3.05, 3.63) is 29.3 Å². The van der Waals surface area contributed by atoms with Crippen LogP contribution in [0.15, 0.2) is 34.2 Å². The molecule has 82 valence electrons. The first-order valence-electron chi connectivity index (χ1n) is 4.49. The molecule has 4 heteroatoms. The van der Waals surface area contributed by atoms with Crippen molar-refractivity contribution in [3.63, 3.8) is 0 Å². The van der Waals surface area contributed by atoms with Gasteiger partial charge < -0.3 is 10.5 Å². The number of hydrogen-bond acceptors (Lipinski definition) is 3. The van der Waals surface area contributed by atoms with Crippen molar-refractivity contribution in [2.75, 3.05) is 18.6 Å². The predicted molar refractivity (Wildman–Crippen MR) is 67.7 cm³/mol. The molecule has 0 aliphatic rings. The predicted octanol–water partition coefficient (Wildman–Crippen LogP) is 3.51. The van der Waals surface area contributed by atoms with E-state index in [2.05, 4.69) is 0 Å². The summed E-state index contributed by atoms with van der Waals surface area (Å²) in [6.45, 7) is 1.98. The molecule has 0 atom stereocenters. The lowest BCUT2D eigenvalue weighted by Gasteiger charge is -2.07. The Bertz CT molecular complexity index is 366.